The fourth-order valence-corrected chi connectivity index (χ4v) is 3.02. The Morgan fingerprint density at radius 2 is 2.09 bits per heavy atom. The van der Waals surface area contributed by atoms with Gasteiger partial charge in [0.2, 0.25) is 0 Å². The molecule has 0 aliphatic rings. The zero-order chi connectivity index (χ0) is 15.8. The fraction of sp³-hybridized carbons (Fsp3) is 0.375. The van der Waals surface area contributed by atoms with Crippen molar-refractivity contribution in [1.82, 2.24) is 10.3 Å². The lowest BCUT2D eigenvalue weighted by Crippen LogP contribution is -2.29. The highest BCUT2D eigenvalue weighted by Crippen LogP contribution is 2.18. The van der Waals surface area contributed by atoms with Crippen LogP contribution in [0.5, 0.6) is 0 Å². The minimum absolute atomic E-state index is 0. The Hall–Kier alpha value is -1.47. The summed E-state index contributed by atoms with van der Waals surface area (Å²) >= 11 is 1.45. The van der Waals surface area contributed by atoms with Crippen molar-refractivity contribution in [2.75, 3.05) is 19.7 Å². The van der Waals surface area contributed by atoms with Gasteiger partial charge in [0.15, 0.2) is 0 Å². The summed E-state index contributed by atoms with van der Waals surface area (Å²) < 4.78 is 0. The molecular formula is C16H22ClN3O2S. The summed E-state index contributed by atoms with van der Waals surface area (Å²) in [5.41, 5.74) is 7.03. The zero-order valence-electron chi connectivity index (χ0n) is 12.8. The van der Waals surface area contributed by atoms with Crippen LogP contribution >= 0.6 is 23.7 Å². The van der Waals surface area contributed by atoms with E-state index in [4.69, 9.17) is 5.73 Å². The SMILES string of the molecule is Cl.NCCc1nc(C(=O)NCC(CCO)c2ccccc2)cs1. The molecule has 0 saturated heterocycles. The van der Waals surface area contributed by atoms with E-state index in [-0.39, 0.29) is 30.8 Å². The second-order valence-corrected chi connectivity index (χ2v) is 5.94. The third kappa shape index (κ3) is 5.91. The van der Waals surface area contributed by atoms with E-state index in [1.807, 2.05) is 30.3 Å². The Bertz CT molecular complexity index is 592. The minimum Gasteiger partial charge on any atom is -0.396 e. The first-order valence-electron chi connectivity index (χ1n) is 7.33. The smallest absolute Gasteiger partial charge is 0.270 e. The lowest BCUT2D eigenvalue weighted by molar-refractivity contribution is 0.0945. The molecule has 1 aromatic carbocycles. The molecule has 1 heterocycles. The Morgan fingerprint density at radius 1 is 1.35 bits per heavy atom. The summed E-state index contributed by atoms with van der Waals surface area (Å²) in [5, 5.41) is 14.7. The van der Waals surface area contributed by atoms with Crippen molar-refractivity contribution in [1.29, 1.82) is 0 Å². The lowest BCUT2D eigenvalue weighted by atomic mass is 9.96. The van der Waals surface area contributed by atoms with Gasteiger partial charge >= 0.3 is 0 Å². The van der Waals surface area contributed by atoms with Gasteiger partial charge in [-0.2, -0.15) is 0 Å². The fourth-order valence-electron chi connectivity index (χ4n) is 2.23. The average Bonchev–Trinajstić information content (AvgIpc) is 3.01. The summed E-state index contributed by atoms with van der Waals surface area (Å²) in [6.45, 7) is 1.10. The molecule has 23 heavy (non-hydrogen) atoms. The Balaban J connectivity index is 0.00000264. The number of carbonyl (C=O) groups is 1. The van der Waals surface area contributed by atoms with Gasteiger partial charge in [0.05, 0.1) is 5.01 Å². The second-order valence-electron chi connectivity index (χ2n) is 5.00. The predicted octanol–water partition coefficient (Wildman–Crippen LogP) is 1.96. The summed E-state index contributed by atoms with van der Waals surface area (Å²) in [5.74, 6) is -0.0873. The zero-order valence-corrected chi connectivity index (χ0v) is 14.4. The lowest BCUT2D eigenvalue weighted by Gasteiger charge is -2.16. The van der Waals surface area contributed by atoms with Gasteiger partial charge in [-0.25, -0.2) is 4.98 Å². The first-order valence-corrected chi connectivity index (χ1v) is 8.21. The summed E-state index contributed by atoms with van der Waals surface area (Å²) in [6, 6.07) is 9.89. The van der Waals surface area contributed by atoms with Crippen LogP contribution < -0.4 is 11.1 Å². The standard InChI is InChI=1S/C16H21N3O2S.ClH/c17-8-6-15-19-14(11-22-15)16(21)18-10-13(7-9-20)12-4-2-1-3-5-12;/h1-5,11,13,20H,6-10,17H2,(H,18,21);1H. The van der Waals surface area contributed by atoms with Crippen molar-refractivity contribution in [2.45, 2.75) is 18.8 Å². The molecule has 1 unspecified atom stereocenters. The molecular weight excluding hydrogens is 334 g/mol. The van der Waals surface area contributed by atoms with E-state index >= 15 is 0 Å². The van der Waals surface area contributed by atoms with Crippen molar-refractivity contribution >= 4 is 29.7 Å². The summed E-state index contributed by atoms with van der Waals surface area (Å²) in [4.78, 5) is 16.4. The van der Waals surface area contributed by atoms with E-state index in [9.17, 15) is 9.90 Å². The molecule has 0 aliphatic heterocycles. The molecule has 2 aromatic rings. The molecule has 2 rings (SSSR count). The molecule has 0 fully saturated rings. The molecule has 5 nitrogen and oxygen atoms in total. The number of nitrogens with two attached hydrogens (primary N) is 1. The van der Waals surface area contributed by atoms with Gasteiger partial charge in [-0.05, 0) is 18.5 Å². The first-order chi connectivity index (χ1) is 10.7. The highest BCUT2D eigenvalue weighted by atomic mass is 35.5. The van der Waals surface area contributed by atoms with Crippen molar-refractivity contribution in [3.8, 4) is 0 Å². The maximum Gasteiger partial charge on any atom is 0.270 e. The average molecular weight is 356 g/mol. The van der Waals surface area contributed by atoms with Crippen LogP contribution in [0.2, 0.25) is 0 Å². The van der Waals surface area contributed by atoms with Gasteiger partial charge in [-0.1, -0.05) is 30.3 Å². The van der Waals surface area contributed by atoms with E-state index in [0.29, 0.717) is 31.6 Å². The predicted molar refractivity (Wildman–Crippen MR) is 95.3 cm³/mol. The molecule has 7 heteroatoms. The highest BCUT2D eigenvalue weighted by molar-refractivity contribution is 7.09. The molecule has 1 amide bonds. The van der Waals surface area contributed by atoms with Crippen molar-refractivity contribution < 1.29 is 9.90 Å². The molecule has 0 spiro atoms. The topological polar surface area (TPSA) is 88.2 Å². The number of aliphatic hydroxyl groups excluding tert-OH is 1. The molecule has 0 aliphatic carbocycles. The molecule has 0 bridgehead atoms. The summed E-state index contributed by atoms with van der Waals surface area (Å²) in [7, 11) is 0. The second kappa shape index (κ2) is 10.3. The number of benzene rings is 1. The number of hydrogen-bond donors (Lipinski definition) is 3. The van der Waals surface area contributed by atoms with E-state index in [2.05, 4.69) is 10.3 Å². The number of hydrogen-bond acceptors (Lipinski definition) is 5. The van der Waals surface area contributed by atoms with Crippen LogP contribution in [0.4, 0.5) is 0 Å². The van der Waals surface area contributed by atoms with Crippen LogP contribution in [0.3, 0.4) is 0 Å². The van der Waals surface area contributed by atoms with Crippen molar-refractivity contribution in [2.24, 2.45) is 5.73 Å². The van der Waals surface area contributed by atoms with E-state index in [1.165, 1.54) is 11.3 Å². The van der Waals surface area contributed by atoms with Crippen molar-refractivity contribution in [3.63, 3.8) is 0 Å². The van der Waals surface area contributed by atoms with Gasteiger partial charge in [0, 0.05) is 30.9 Å². The number of aromatic nitrogens is 1. The monoisotopic (exact) mass is 355 g/mol. The number of amides is 1. The van der Waals surface area contributed by atoms with Gasteiger partial charge < -0.3 is 16.2 Å². The Labute approximate surface area is 146 Å². The number of nitrogens with one attached hydrogen (secondary N) is 1. The number of halogens is 1. The minimum atomic E-state index is -0.182. The van der Waals surface area contributed by atoms with Crippen LogP contribution in [-0.2, 0) is 6.42 Å². The Kier molecular flexibility index (Phi) is 8.79. The molecule has 4 N–H and O–H groups in total. The van der Waals surface area contributed by atoms with E-state index < -0.39 is 0 Å². The van der Waals surface area contributed by atoms with E-state index in [1.54, 1.807) is 5.38 Å². The number of carbonyl (C=O) groups excluding carboxylic acids is 1. The van der Waals surface area contributed by atoms with Crippen molar-refractivity contribution in [3.05, 3.63) is 52.0 Å². The third-order valence-corrected chi connectivity index (χ3v) is 4.31. The maximum atomic E-state index is 12.1. The van der Waals surface area contributed by atoms with Gasteiger partial charge in [0.1, 0.15) is 5.69 Å². The molecule has 0 radical (unpaired) electrons. The van der Waals surface area contributed by atoms with Crippen LogP contribution in [0.15, 0.2) is 35.7 Å². The summed E-state index contributed by atoms with van der Waals surface area (Å²) in [6.07, 6.45) is 1.30. The third-order valence-electron chi connectivity index (χ3n) is 3.40. The number of rotatable bonds is 8. The molecule has 1 aromatic heterocycles. The quantitative estimate of drug-likeness (QED) is 0.675. The Morgan fingerprint density at radius 3 is 2.74 bits per heavy atom. The van der Waals surface area contributed by atoms with Crippen LogP contribution in [-0.4, -0.2) is 35.7 Å². The number of nitrogens with zero attached hydrogens (tertiary/aromatic N) is 1. The van der Waals surface area contributed by atoms with Crippen LogP contribution in [0, 0.1) is 0 Å². The van der Waals surface area contributed by atoms with Gasteiger partial charge in [-0.15, -0.1) is 23.7 Å². The number of aliphatic hydroxyl groups is 1. The van der Waals surface area contributed by atoms with Crippen LogP contribution in [0.25, 0.3) is 0 Å². The highest BCUT2D eigenvalue weighted by Gasteiger charge is 2.15. The number of thiazole rings is 1. The first kappa shape index (κ1) is 19.6. The largest absolute Gasteiger partial charge is 0.396 e. The van der Waals surface area contributed by atoms with Gasteiger partial charge in [-0.3, -0.25) is 4.79 Å². The van der Waals surface area contributed by atoms with E-state index in [0.717, 1.165) is 10.6 Å². The molecule has 0 saturated carbocycles. The molecule has 1 atom stereocenters. The normalized spacial score (nSPS) is 11.6. The van der Waals surface area contributed by atoms with Crippen LogP contribution in [0.1, 0.15) is 33.4 Å². The maximum absolute atomic E-state index is 12.1. The molecule has 126 valence electrons. The van der Waals surface area contributed by atoms with Gasteiger partial charge in [0.25, 0.3) is 5.91 Å².